The van der Waals surface area contributed by atoms with Crippen molar-refractivity contribution in [1.82, 2.24) is 5.32 Å². The summed E-state index contributed by atoms with van der Waals surface area (Å²) in [4.78, 5) is 12.5. The van der Waals surface area contributed by atoms with Crippen LogP contribution in [0.3, 0.4) is 0 Å². The van der Waals surface area contributed by atoms with Gasteiger partial charge in [-0.3, -0.25) is 4.79 Å². The average molecular weight is 420 g/mol. The van der Waals surface area contributed by atoms with Gasteiger partial charge >= 0.3 is 0 Å². The number of nitrogens with one attached hydrogen (secondary N) is 1. The summed E-state index contributed by atoms with van der Waals surface area (Å²) in [5.41, 5.74) is 4.69. The van der Waals surface area contributed by atoms with Crippen molar-refractivity contribution in [2.75, 3.05) is 27.3 Å². The molecule has 3 N–H and O–H groups in total. The quantitative estimate of drug-likeness (QED) is 0.531. The van der Waals surface area contributed by atoms with Gasteiger partial charge in [0.1, 0.15) is 6.04 Å². The van der Waals surface area contributed by atoms with Crippen LogP contribution in [0.2, 0.25) is 0 Å². The first-order valence-corrected chi connectivity index (χ1v) is 10.5. The number of hydrogen-bond acceptors (Lipinski definition) is 3. The van der Waals surface area contributed by atoms with E-state index in [0.717, 1.165) is 12.0 Å². The number of aryl methyl sites for hydroxylation is 1. The van der Waals surface area contributed by atoms with Crippen molar-refractivity contribution in [3.63, 3.8) is 0 Å². The van der Waals surface area contributed by atoms with Gasteiger partial charge < -0.3 is 20.1 Å². The molecule has 0 fully saturated rings. The molecular weight excluding hydrogens is 388 g/mol. The van der Waals surface area contributed by atoms with Gasteiger partial charge in [0.15, 0.2) is 18.0 Å². The molecule has 0 spiro atoms. The zero-order valence-electron chi connectivity index (χ0n) is 18.4. The van der Waals surface area contributed by atoms with Gasteiger partial charge in [-0.15, -0.1) is 0 Å². The van der Waals surface area contributed by atoms with Crippen LogP contribution < -0.4 is 20.1 Å². The summed E-state index contributed by atoms with van der Waals surface area (Å²) in [5.74, 6) is 1.42. The van der Waals surface area contributed by atoms with Crippen molar-refractivity contribution in [3.05, 3.63) is 95.1 Å². The Morgan fingerprint density at radius 3 is 2.26 bits per heavy atom. The predicted octanol–water partition coefficient (Wildman–Crippen LogP) is 3.02. The third kappa shape index (κ3) is 6.33. The number of quaternary nitrogens is 1. The fourth-order valence-corrected chi connectivity index (χ4v) is 3.58. The van der Waals surface area contributed by atoms with Gasteiger partial charge in [0, 0.05) is 17.7 Å². The second-order valence-corrected chi connectivity index (χ2v) is 7.53. The molecule has 5 heteroatoms. The van der Waals surface area contributed by atoms with Crippen molar-refractivity contribution in [2.45, 2.75) is 19.4 Å². The maximum Gasteiger partial charge on any atom is 0.275 e. The molecule has 0 bridgehead atoms. The molecule has 5 nitrogen and oxygen atoms in total. The SMILES string of the molecule is COc1ccc(CCNC(=O)C[NH2+][C@H](c2ccccc2)c2ccc(C)cc2)cc1OC. The standard InChI is InChI=1S/C26H30N2O3/c1-19-9-12-22(13-10-19)26(21-7-5-4-6-8-21)28-18-25(29)27-16-15-20-11-14-23(30-2)24(17-20)31-3/h4-14,17,26,28H,15-16,18H2,1-3H3,(H,27,29)/p+1/t26-/m1/s1. The van der Waals surface area contributed by atoms with Crippen LogP contribution in [0.1, 0.15) is 28.3 Å². The smallest absolute Gasteiger partial charge is 0.275 e. The van der Waals surface area contributed by atoms with Crippen molar-refractivity contribution < 1.29 is 19.6 Å². The van der Waals surface area contributed by atoms with E-state index < -0.39 is 0 Å². The van der Waals surface area contributed by atoms with Gasteiger partial charge in [-0.2, -0.15) is 0 Å². The maximum absolute atomic E-state index is 12.5. The van der Waals surface area contributed by atoms with Crippen molar-refractivity contribution in [1.29, 1.82) is 0 Å². The van der Waals surface area contributed by atoms with Crippen LogP contribution in [-0.2, 0) is 11.2 Å². The number of nitrogens with two attached hydrogens (primary N) is 1. The highest BCUT2D eigenvalue weighted by molar-refractivity contribution is 5.76. The molecule has 1 amide bonds. The van der Waals surface area contributed by atoms with Gasteiger partial charge in [0.05, 0.1) is 14.2 Å². The fourth-order valence-electron chi connectivity index (χ4n) is 3.58. The molecule has 1 atom stereocenters. The van der Waals surface area contributed by atoms with Crippen molar-refractivity contribution in [3.8, 4) is 11.5 Å². The molecule has 0 heterocycles. The Bertz CT molecular complexity index is 972. The Hall–Kier alpha value is -3.31. The topological polar surface area (TPSA) is 64.2 Å². The molecule has 3 rings (SSSR count). The summed E-state index contributed by atoms with van der Waals surface area (Å²) >= 11 is 0. The maximum atomic E-state index is 12.5. The minimum atomic E-state index is 0.0218. The highest BCUT2D eigenvalue weighted by Gasteiger charge is 2.18. The largest absolute Gasteiger partial charge is 0.493 e. The molecule has 0 aliphatic carbocycles. The number of amides is 1. The number of carbonyl (C=O) groups excluding carboxylic acids is 1. The minimum absolute atomic E-state index is 0.0218. The van der Waals surface area contributed by atoms with Crippen LogP contribution in [0.15, 0.2) is 72.8 Å². The Balaban J connectivity index is 1.56. The van der Waals surface area contributed by atoms with Gasteiger partial charge in [-0.1, -0.05) is 66.2 Å². The van der Waals surface area contributed by atoms with E-state index in [2.05, 4.69) is 54.0 Å². The lowest BCUT2D eigenvalue weighted by Gasteiger charge is -2.17. The van der Waals surface area contributed by atoms with Crippen LogP contribution in [0.4, 0.5) is 0 Å². The molecule has 31 heavy (non-hydrogen) atoms. The van der Waals surface area contributed by atoms with Crippen molar-refractivity contribution in [2.24, 2.45) is 0 Å². The second-order valence-electron chi connectivity index (χ2n) is 7.53. The van der Waals surface area contributed by atoms with Crippen LogP contribution in [0, 0.1) is 6.92 Å². The van der Waals surface area contributed by atoms with Gasteiger partial charge in [0.25, 0.3) is 5.91 Å². The predicted molar refractivity (Wildman–Crippen MR) is 123 cm³/mol. The number of ether oxygens (including phenoxy) is 2. The van der Waals surface area contributed by atoms with Gasteiger partial charge in [-0.05, 0) is 31.0 Å². The number of methoxy groups -OCH3 is 2. The summed E-state index contributed by atoms with van der Waals surface area (Å²) < 4.78 is 10.6. The van der Waals surface area contributed by atoms with Crippen LogP contribution in [-0.4, -0.2) is 33.2 Å². The van der Waals surface area contributed by atoms with Crippen LogP contribution >= 0.6 is 0 Å². The first-order valence-electron chi connectivity index (χ1n) is 10.5. The number of benzene rings is 3. The normalized spacial score (nSPS) is 11.6. The highest BCUT2D eigenvalue weighted by atomic mass is 16.5. The Morgan fingerprint density at radius 1 is 0.903 bits per heavy atom. The summed E-state index contributed by atoms with van der Waals surface area (Å²) in [7, 11) is 3.24. The van der Waals surface area contributed by atoms with E-state index in [9.17, 15) is 4.79 Å². The molecule has 3 aromatic carbocycles. The molecule has 0 saturated carbocycles. The Labute approximate surface area is 184 Å². The van der Waals surface area contributed by atoms with E-state index in [-0.39, 0.29) is 11.9 Å². The lowest BCUT2D eigenvalue weighted by Crippen LogP contribution is -2.87. The van der Waals surface area contributed by atoms with E-state index in [4.69, 9.17) is 9.47 Å². The van der Waals surface area contributed by atoms with E-state index >= 15 is 0 Å². The fraction of sp³-hybridized carbons (Fsp3) is 0.269. The third-order valence-electron chi connectivity index (χ3n) is 5.32. The summed E-state index contributed by atoms with van der Waals surface area (Å²) in [5, 5.41) is 5.11. The van der Waals surface area contributed by atoms with E-state index in [0.29, 0.717) is 24.6 Å². The summed E-state index contributed by atoms with van der Waals surface area (Å²) in [6.07, 6.45) is 0.728. The molecule has 0 saturated heterocycles. The zero-order valence-corrected chi connectivity index (χ0v) is 18.4. The number of hydrogen-bond donors (Lipinski definition) is 2. The molecule has 0 aromatic heterocycles. The molecule has 0 radical (unpaired) electrons. The monoisotopic (exact) mass is 419 g/mol. The van der Waals surface area contributed by atoms with Gasteiger partial charge in [0.2, 0.25) is 0 Å². The van der Waals surface area contributed by atoms with Crippen molar-refractivity contribution >= 4 is 5.91 Å². The minimum Gasteiger partial charge on any atom is -0.493 e. The molecule has 162 valence electrons. The zero-order chi connectivity index (χ0) is 22.1. The third-order valence-corrected chi connectivity index (χ3v) is 5.32. The van der Waals surface area contributed by atoms with Gasteiger partial charge in [-0.25, -0.2) is 0 Å². The Morgan fingerprint density at radius 2 is 1.58 bits per heavy atom. The summed E-state index contributed by atoms with van der Waals surface area (Å²) in [6, 6.07) is 24.7. The van der Waals surface area contributed by atoms with Crippen LogP contribution in [0.5, 0.6) is 11.5 Å². The molecular formula is C26H31N2O3+. The van der Waals surface area contributed by atoms with E-state index in [1.165, 1.54) is 16.7 Å². The molecule has 0 unspecified atom stereocenters. The lowest BCUT2D eigenvalue weighted by atomic mass is 9.98. The first kappa shape index (κ1) is 22.4. The molecule has 0 aliphatic rings. The molecule has 3 aromatic rings. The molecule has 0 aliphatic heterocycles. The average Bonchev–Trinajstić information content (AvgIpc) is 2.81. The van der Waals surface area contributed by atoms with Crippen LogP contribution in [0.25, 0.3) is 0 Å². The van der Waals surface area contributed by atoms with E-state index in [1.807, 2.05) is 36.4 Å². The number of rotatable bonds is 10. The highest BCUT2D eigenvalue weighted by Crippen LogP contribution is 2.27. The lowest BCUT2D eigenvalue weighted by molar-refractivity contribution is -0.676. The summed E-state index contributed by atoms with van der Waals surface area (Å²) in [6.45, 7) is 3.01. The first-order chi connectivity index (χ1) is 15.1. The Kier molecular flexibility index (Phi) is 8.07. The van der Waals surface area contributed by atoms with E-state index in [1.54, 1.807) is 14.2 Å². The number of carbonyl (C=O) groups is 1. The second kappa shape index (κ2) is 11.2.